The molecule has 7 nitrogen and oxygen atoms in total. The predicted molar refractivity (Wildman–Crippen MR) is 107 cm³/mol. The number of alkyl carbamates (subject to hydrolysis) is 1. The van der Waals surface area contributed by atoms with Gasteiger partial charge in [-0.25, -0.2) is 9.59 Å². The third-order valence-electron chi connectivity index (χ3n) is 4.04. The van der Waals surface area contributed by atoms with Crippen molar-refractivity contribution in [2.24, 2.45) is 0 Å². The molecule has 0 aliphatic heterocycles. The molecule has 0 spiro atoms. The van der Waals surface area contributed by atoms with Crippen molar-refractivity contribution in [1.82, 2.24) is 10.6 Å². The van der Waals surface area contributed by atoms with Gasteiger partial charge in [-0.15, -0.1) is 12.3 Å². The molecule has 0 unspecified atom stereocenters. The number of carbonyl (C=O) groups is 3. The Labute approximate surface area is 169 Å². The molecule has 0 aromatic heterocycles. The van der Waals surface area contributed by atoms with E-state index in [1.807, 2.05) is 24.3 Å². The van der Waals surface area contributed by atoms with Crippen molar-refractivity contribution >= 4 is 18.0 Å². The second-order valence-corrected chi connectivity index (χ2v) is 6.26. The average molecular weight is 394 g/mol. The van der Waals surface area contributed by atoms with Crippen molar-refractivity contribution in [3.8, 4) is 12.3 Å². The van der Waals surface area contributed by atoms with E-state index in [2.05, 4.69) is 16.6 Å². The second kappa shape index (κ2) is 11.1. The Hall–Kier alpha value is -3.79. The number of aliphatic carboxylic acids is 1. The summed E-state index contributed by atoms with van der Waals surface area (Å²) in [5, 5.41) is 14.1. The minimum Gasteiger partial charge on any atom is -0.480 e. The lowest BCUT2D eigenvalue weighted by atomic mass is 10.0. The van der Waals surface area contributed by atoms with Crippen molar-refractivity contribution in [2.75, 3.05) is 0 Å². The monoisotopic (exact) mass is 394 g/mol. The molecule has 2 atom stereocenters. The average Bonchev–Trinajstić information content (AvgIpc) is 2.73. The van der Waals surface area contributed by atoms with E-state index in [0.717, 1.165) is 11.1 Å². The molecule has 3 N–H and O–H groups in total. The van der Waals surface area contributed by atoms with Crippen LogP contribution in [0.25, 0.3) is 0 Å². The van der Waals surface area contributed by atoms with Crippen LogP contribution in [-0.4, -0.2) is 35.2 Å². The maximum absolute atomic E-state index is 12.6. The normalized spacial score (nSPS) is 12.1. The van der Waals surface area contributed by atoms with Crippen molar-refractivity contribution < 1.29 is 24.2 Å². The quantitative estimate of drug-likeness (QED) is 0.565. The smallest absolute Gasteiger partial charge is 0.408 e. The van der Waals surface area contributed by atoms with E-state index >= 15 is 0 Å². The van der Waals surface area contributed by atoms with E-state index in [1.54, 1.807) is 36.4 Å². The Balaban J connectivity index is 2.05. The van der Waals surface area contributed by atoms with Crippen molar-refractivity contribution in [1.29, 1.82) is 0 Å². The Morgan fingerprint density at radius 2 is 1.52 bits per heavy atom. The van der Waals surface area contributed by atoms with E-state index in [0.29, 0.717) is 0 Å². The summed E-state index contributed by atoms with van der Waals surface area (Å²) in [5.74, 6) is 0.307. The van der Waals surface area contributed by atoms with Crippen LogP contribution < -0.4 is 10.6 Å². The fourth-order valence-corrected chi connectivity index (χ4v) is 2.56. The Morgan fingerprint density at radius 1 is 0.931 bits per heavy atom. The van der Waals surface area contributed by atoms with E-state index in [-0.39, 0.29) is 19.4 Å². The van der Waals surface area contributed by atoms with E-state index in [1.165, 1.54) is 0 Å². The van der Waals surface area contributed by atoms with Crippen LogP contribution in [0.5, 0.6) is 0 Å². The van der Waals surface area contributed by atoms with Gasteiger partial charge in [0.25, 0.3) is 0 Å². The molecule has 2 amide bonds. The summed E-state index contributed by atoms with van der Waals surface area (Å²) in [5.41, 5.74) is 1.59. The standard InChI is InChI=1S/C22H22N2O5/c1-2-9-18(21(26)27)23-20(25)19(14-16-10-5-3-6-11-16)24-22(28)29-15-17-12-7-4-8-13-17/h1,3-8,10-13,18-19H,9,14-15H2,(H,23,25)(H,24,28)(H,26,27)/t18-,19-/m0/s1. The fraction of sp³-hybridized carbons (Fsp3) is 0.227. The zero-order valence-corrected chi connectivity index (χ0v) is 15.7. The number of carboxylic acid groups (broad SMARTS) is 1. The number of carboxylic acids is 1. The van der Waals surface area contributed by atoms with E-state index in [4.69, 9.17) is 11.2 Å². The van der Waals surface area contributed by atoms with Crippen LogP contribution in [-0.2, 0) is 27.4 Å². The Kier molecular flexibility index (Phi) is 8.27. The number of hydrogen-bond donors (Lipinski definition) is 3. The highest BCUT2D eigenvalue weighted by molar-refractivity contribution is 5.89. The number of terminal acetylenes is 1. The number of ether oxygens (including phenoxy) is 1. The lowest BCUT2D eigenvalue weighted by Gasteiger charge is -2.20. The number of nitrogens with one attached hydrogen (secondary N) is 2. The molecule has 0 saturated heterocycles. The Bertz CT molecular complexity index is 862. The molecule has 0 heterocycles. The molecule has 7 heteroatoms. The second-order valence-electron chi connectivity index (χ2n) is 6.26. The van der Waals surface area contributed by atoms with Crippen LogP contribution in [0.15, 0.2) is 60.7 Å². The number of carbonyl (C=O) groups excluding carboxylic acids is 2. The van der Waals surface area contributed by atoms with Gasteiger partial charge < -0.3 is 20.5 Å². The molecule has 29 heavy (non-hydrogen) atoms. The largest absolute Gasteiger partial charge is 0.480 e. The number of hydrogen-bond acceptors (Lipinski definition) is 4. The topological polar surface area (TPSA) is 105 Å². The van der Waals surface area contributed by atoms with Gasteiger partial charge in [0.05, 0.1) is 0 Å². The molecule has 0 radical (unpaired) electrons. The Morgan fingerprint density at radius 3 is 2.07 bits per heavy atom. The molecule has 2 rings (SSSR count). The van der Waals surface area contributed by atoms with Crippen LogP contribution >= 0.6 is 0 Å². The van der Waals surface area contributed by atoms with Gasteiger partial charge in [-0.2, -0.15) is 0 Å². The van der Waals surface area contributed by atoms with Crippen LogP contribution in [0.3, 0.4) is 0 Å². The van der Waals surface area contributed by atoms with Crippen LogP contribution in [0.2, 0.25) is 0 Å². The predicted octanol–water partition coefficient (Wildman–Crippen LogP) is 2.12. The van der Waals surface area contributed by atoms with Crippen molar-refractivity contribution in [3.63, 3.8) is 0 Å². The van der Waals surface area contributed by atoms with Crippen LogP contribution in [0.4, 0.5) is 4.79 Å². The lowest BCUT2D eigenvalue weighted by Crippen LogP contribution is -2.52. The van der Waals surface area contributed by atoms with Crippen LogP contribution in [0.1, 0.15) is 17.5 Å². The minimum absolute atomic E-state index is 0.0429. The van der Waals surface area contributed by atoms with Gasteiger partial charge >= 0.3 is 12.1 Å². The minimum atomic E-state index is -1.25. The first-order valence-corrected chi connectivity index (χ1v) is 8.97. The number of amides is 2. The fourth-order valence-electron chi connectivity index (χ4n) is 2.56. The third-order valence-corrected chi connectivity index (χ3v) is 4.04. The van der Waals surface area contributed by atoms with E-state index in [9.17, 15) is 19.5 Å². The molecule has 0 bridgehead atoms. The summed E-state index contributed by atoms with van der Waals surface area (Å²) in [6, 6.07) is 15.9. The molecule has 0 saturated carbocycles. The first kappa shape index (κ1) is 21.5. The molecule has 0 aliphatic carbocycles. The van der Waals surface area contributed by atoms with Crippen molar-refractivity contribution in [2.45, 2.75) is 31.5 Å². The highest BCUT2D eigenvalue weighted by Gasteiger charge is 2.26. The lowest BCUT2D eigenvalue weighted by molar-refractivity contribution is -0.141. The van der Waals surface area contributed by atoms with Gasteiger partial charge in [0.1, 0.15) is 18.7 Å². The summed E-state index contributed by atoms with van der Waals surface area (Å²) < 4.78 is 5.17. The van der Waals surface area contributed by atoms with Gasteiger partial charge in [-0.1, -0.05) is 60.7 Å². The molecular formula is C22H22N2O5. The maximum Gasteiger partial charge on any atom is 0.408 e. The summed E-state index contributed by atoms with van der Waals surface area (Å²) in [4.78, 5) is 36.1. The molecular weight excluding hydrogens is 372 g/mol. The van der Waals surface area contributed by atoms with Gasteiger partial charge in [0, 0.05) is 12.8 Å². The molecule has 0 fully saturated rings. The summed E-state index contributed by atoms with van der Waals surface area (Å²) >= 11 is 0. The first-order valence-electron chi connectivity index (χ1n) is 8.97. The maximum atomic E-state index is 12.6. The van der Waals surface area contributed by atoms with Gasteiger partial charge in [0.2, 0.25) is 5.91 Å². The van der Waals surface area contributed by atoms with Gasteiger partial charge in [-0.3, -0.25) is 4.79 Å². The first-order chi connectivity index (χ1) is 14.0. The van der Waals surface area contributed by atoms with Crippen molar-refractivity contribution in [3.05, 3.63) is 71.8 Å². The molecule has 0 aliphatic rings. The summed E-state index contributed by atoms with van der Waals surface area (Å²) in [7, 11) is 0. The molecule has 2 aromatic carbocycles. The SMILES string of the molecule is C#CC[C@H](NC(=O)[C@H](Cc1ccccc1)NC(=O)OCc1ccccc1)C(=O)O. The zero-order chi connectivity index (χ0) is 21.1. The highest BCUT2D eigenvalue weighted by atomic mass is 16.5. The van der Waals surface area contributed by atoms with E-state index < -0.39 is 30.1 Å². The molecule has 2 aromatic rings. The number of rotatable bonds is 9. The summed E-state index contributed by atoms with van der Waals surface area (Å²) in [6.45, 7) is 0.0429. The zero-order valence-electron chi connectivity index (χ0n) is 15.7. The van der Waals surface area contributed by atoms with Gasteiger partial charge in [-0.05, 0) is 11.1 Å². The highest BCUT2D eigenvalue weighted by Crippen LogP contribution is 2.06. The number of benzene rings is 2. The van der Waals surface area contributed by atoms with Crippen LogP contribution in [0, 0.1) is 12.3 Å². The summed E-state index contributed by atoms with van der Waals surface area (Å²) in [6.07, 6.45) is 4.37. The molecule has 150 valence electrons. The van der Waals surface area contributed by atoms with Gasteiger partial charge in [0.15, 0.2) is 0 Å². The third kappa shape index (κ3) is 7.39.